The van der Waals surface area contributed by atoms with Gasteiger partial charge in [0.15, 0.2) is 0 Å². The summed E-state index contributed by atoms with van der Waals surface area (Å²) < 4.78 is 0. The second-order valence-corrected chi connectivity index (χ2v) is 7.08. The number of nitrogen functional groups attached to an aromatic ring is 1. The Hall–Kier alpha value is -0.840. The van der Waals surface area contributed by atoms with Gasteiger partial charge in [-0.05, 0) is 18.1 Å². The van der Waals surface area contributed by atoms with Crippen LogP contribution in [-0.4, -0.2) is 20.2 Å². The molecule has 0 atom stereocenters. The minimum absolute atomic E-state index is 0.383. The largest absolute Gasteiger partial charge is 0.368 e. The summed E-state index contributed by atoms with van der Waals surface area (Å²) in [5.74, 6) is 3.45. The lowest BCUT2D eigenvalue weighted by atomic mass is 10.00. The van der Waals surface area contributed by atoms with Crippen LogP contribution in [0.5, 0.6) is 0 Å². The molecule has 0 amide bonds. The van der Waals surface area contributed by atoms with Crippen LogP contribution in [0.25, 0.3) is 0 Å². The molecule has 0 bridgehead atoms. The van der Waals surface area contributed by atoms with Crippen molar-refractivity contribution < 1.29 is 0 Å². The minimum atomic E-state index is 0.383. The highest BCUT2D eigenvalue weighted by Crippen LogP contribution is 2.30. The molecule has 2 rings (SSSR count). The van der Waals surface area contributed by atoms with Gasteiger partial charge in [0.05, 0.1) is 5.75 Å². The van der Waals surface area contributed by atoms with Crippen molar-refractivity contribution in [3.63, 3.8) is 0 Å². The second-order valence-electron chi connectivity index (χ2n) is 5.52. The Labute approximate surface area is 120 Å². The van der Waals surface area contributed by atoms with Gasteiger partial charge in [0.25, 0.3) is 0 Å². The number of hydrogen-bond donors (Lipinski definition) is 1. The Morgan fingerprint density at radius 1 is 1.11 bits per heavy atom. The number of aromatic nitrogens is 3. The predicted octanol–water partition coefficient (Wildman–Crippen LogP) is 3.53. The first-order chi connectivity index (χ1) is 9.15. The first-order valence-corrected chi connectivity index (χ1v) is 8.32. The van der Waals surface area contributed by atoms with Crippen LogP contribution in [-0.2, 0) is 5.75 Å². The Morgan fingerprint density at radius 2 is 1.79 bits per heavy atom. The molecular weight excluding hydrogens is 256 g/mol. The zero-order chi connectivity index (χ0) is 13.7. The van der Waals surface area contributed by atoms with E-state index >= 15 is 0 Å². The SMILES string of the molecule is CC(C)SCc1nc(N)nc(C2CCCCCC2)n1. The third-order valence-electron chi connectivity index (χ3n) is 3.48. The van der Waals surface area contributed by atoms with Gasteiger partial charge in [-0.3, -0.25) is 0 Å². The summed E-state index contributed by atoms with van der Waals surface area (Å²) in [6.07, 6.45) is 7.64. The summed E-state index contributed by atoms with van der Waals surface area (Å²) >= 11 is 1.84. The summed E-state index contributed by atoms with van der Waals surface area (Å²) in [6, 6.07) is 0. The standard InChI is InChI=1S/C14H24N4S/c1-10(2)19-9-12-16-13(18-14(15)17-12)11-7-5-3-4-6-8-11/h10-11H,3-9H2,1-2H3,(H2,15,16,17,18). The van der Waals surface area contributed by atoms with E-state index in [9.17, 15) is 0 Å². The Balaban J connectivity index is 2.10. The van der Waals surface area contributed by atoms with Crippen molar-refractivity contribution in [1.29, 1.82) is 0 Å². The summed E-state index contributed by atoms with van der Waals surface area (Å²) in [7, 11) is 0. The quantitative estimate of drug-likeness (QED) is 0.855. The Bertz CT molecular complexity index is 400. The van der Waals surface area contributed by atoms with Crippen molar-refractivity contribution >= 4 is 17.7 Å². The topological polar surface area (TPSA) is 64.7 Å². The Kier molecular flexibility index (Phi) is 5.43. The van der Waals surface area contributed by atoms with E-state index in [1.165, 1.54) is 38.5 Å². The maximum atomic E-state index is 5.84. The molecule has 1 heterocycles. The molecule has 1 fully saturated rings. The van der Waals surface area contributed by atoms with Crippen LogP contribution in [0.4, 0.5) is 5.95 Å². The van der Waals surface area contributed by atoms with Gasteiger partial charge >= 0.3 is 0 Å². The highest BCUT2D eigenvalue weighted by molar-refractivity contribution is 7.99. The molecule has 1 saturated carbocycles. The van der Waals surface area contributed by atoms with E-state index in [4.69, 9.17) is 5.73 Å². The number of hydrogen-bond acceptors (Lipinski definition) is 5. The van der Waals surface area contributed by atoms with Gasteiger partial charge in [0.1, 0.15) is 11.6 Å². The normalized spacial score (nSPS) is 17.6. The van der Waals surface area contributed by atoms with Crippen LogP contribution >= 0.6 is 11.8 Å². The smallest absolute Gasteiger partial charge is 0.223 e. The van der Waals surface area contributed by atoms with Crippen molar-refractivity contribution in [1.82, 2.24) is 15.0 Å². The van der Waals surface area contributed by atoms with Crippen LogP contribution in [0.15, 0.2) is 0 Å². The highest BCUT2D eigenvalue weighted by Gasteiger charge is 2.18. The predicted molar refractivity (Wildman–Crippen MR) is 81.1 cm³/mol. The zero-order valence-electron chi connectivity index (χ0n) is 11.9. The third kappa shape index (κ3) is 4.64. The lowest BCUT2D eigenvalue weighted by Crippen LogP contribution is -2.11. The molecule has 0 aliphatic heterocycles. The minimum Gasteiger partial charge on any atom is -0.368 e. The van der Waals surface area contributed by atoms with Crippen molar-refractivity contribution in [2.24, 2.45) is 0 Å². The molecule has 0 aromatic carbocycles. The number of thioether (sulfide) groups is 1. The molecule has 4 nitrogen and oxygen atoms in total. The number of rotatable bonds is 4. The third-order valence-corrected chi connectivity index (χ3v) is 4.57. The van der Waals surface area contributed by atoms with E-state index in [1.807, 2.05) is 11.8 Å². The fourth-order valence-electron chi connectivity index (χ4n) is 2.48. The van der Waals surface area contributed by atoms with Gasteiger partial charge in [-0.1, -0.05) is 39.5 Å². The van der Waals surface area contributed by atoms with Crippen molar-refractivity contribution in [2.75, 3.05) is 5.73 Å². The Morgan fingerprint density at radius 3 is 2.42 bits per heavy atom. The molecule has 1 aromatic heterocycles. The van der Waals surface area contributed by atoms with Crippen LogP contribution in [0.2, 0.25) is 0 Å². The fraction of sp³-hybridized carbons (Fsp3) is 0.786. The van der Waals surface area contributed by atoms with Crippen LogP contribution < -0.4 is 5.73 Å². The van der Waals surface area contributed by atoms with Gasteiger partial charge in [-0.15, -0.1) is 0 Å². The van der Waals surface area contributed by atoms with Crippen molar-refractivity contribution in [3.8, 4) is 0 Å². The van der Waals surface area contributed by atoms with Gasteiger partial charge < -0.3 is 5.73 Å². The summed E-state index contributed by atoms with van der Waals surface area (Å²) in [5.41, 5.74) is 5.84. The summed E-state index contributed by atoms with van der Waals surface area (Å²) in [4.78, 5) is 13.3. The van der Waals surface area contributed by atoms with E-state index in [2.05, 4.69) is 28.8 Å². The zero-order valence-corrected chi connectivity index (χ0v) is 12.7. The summed E-state index contributed by atoms with van der Waals surface area (Å²) in [5, 5.41) is 0.583. The molecule has 2 N–H and O–H groups in total. The van der Waals surface area contributed by atoms with Gasteiger partial charge in [0.2, 0.25) is 5.95 Å². The maximum absolute atomic E-state index is 5.84. The first-order valence-electron chi connectivity index (χ1n) is 7.27. The average Bonchev–Trinajstić information content (AvgIpc) is 2.64. The van der Waals surface area contributed by atoms with E-state index in [1.54, 1.807) is 0 Å². The summed E-state index contributed by atoms with van der Waals surface area (Å²) in [6.45, 7) is 4.36. The molecule has 5 heteroatoms. The number of nitrogens with two attached hydrogens (primary N) is 1. The molecule has 1 aliphatic rings. The first kappa shape index (κ1) is 14.6. The second kappa shape index (κ2) is 7.08. The van der Waals surface area contributed by atoms with Crippen LogP contribution in [0.3, 0.4) is 0 Å². The van der Waals surface area contributed by atoms with Crippen molar-refractivity contribution in [2.45, 2.75) is 69.3 Å². The molecule has 19 heavy (non-hydrogen) atoms. The average molecular weight is 280 g/mol. The van der Waals surface area contributed by atoms with E-state index in [0.29, 0.717) is 17.1 Å². The van der Waals surface area contributed by atoms with Crippen LogP contribution in [0.1, 0.15) is 69.9 Å². The van der Waals surface area contributed by atoms with Gasteiger partial charge in [0, 0.05) is 5.92 Å². The van der Waals surface area contributed by atoms with E-state index in [0.717, 1.165) is 17.4 Å². The van der Waals surface area contributed by atoms with E-state index < -0.39 is 0 Å². The molecule has 0 saturated heterocycles. The van der Waals surface area contributed by atoms with Crippen molar-refractivity contribution in [3.05, 3.63) is 11.6 Å². The number of nitrogens with zero attached hydrogens (tertiary/aromatic N) is 3. The molecule has 1 aliphatic carbocycles. The van der Waals surface area contributed by atoms with Gasteiger partial charge in [-0.2, -0.15) is 21.7 Å². The van der Waals surface area contributed by atoms with E-state index in [-0.39, 0.29) is 0 Å². The molecule has 0 spiro atoms. The molecule has 1 aromatic rings. The fourth-order valence-corrected chi connectivity index (χ4v) is 3.09. The molecular formula is C14H24N4S. The van der Waals surface area contributed by atoms with Gasteiger partial charge in [-0.25, -0.2) is 4.98 Å². The maximum Gasteiger partial charge on any atom is 0.223 e. The lowest BCUT2D eigenvalue weighted by Gasteiger charge is -2.13. The number of anilines is 1. The lowest BCUT2D eigenvalue weighted by molar-refractivity contribution is 0.556. The molecule has 0 radical (unpaired) electrons. The highest BCUT2D eigenvalue weighted by atomic mass is 32.2. The monoisotopic (exact) mass is 280 g/mol. The molecule has 0 unspecified atom stereocenters. The molecule has 106 valence electrons. The van der Waals surface area contributed by atoms with Crippen LogP contribution in [0, 0.1) is 0 Å².